The molecule has 2 rings (SSSR count). The molecule has 1 aliphatic carbocycles. The average Bonchev–Trinajstić information content (AvgIpc) is 2.13. The van der Waals surface area contributed by atoms with Gasteiger partial charge in [-0.25, -0.2) is 0 Å². The summed E-state index contributed by atoms with van der Waals surface area (Å²) < 4.78 is 0. The lowest BCUT2D eigenvalue weighted by atomic mass is 9.78. The molecular weight excluding hydrogens is 210 g/mol. The maximum Gasteiger partial charge on any atom is 0.136 e. The molecule has 17 heavy (non-hydrogen) atoms. The molecule has 0 radical (unpaired) electrons. The van der Waals surface area contributed by atoms with Crippen molar-refractivity contribution < 1.29 is 4.79 Å². The van der Waals surface area contributed by atoms with E-state index in [2.05, 4.69) is 25.7 Å². The Kier molecular flexibility index (Phi) is 3.92. The summed E-state index contributed by atoms with van der Waals surface area (Å²) in [7, 11) is 0. The van der Waals surface area contributed by atoms with E-state index in [0.717, 1.165) is 6.42 Å². The number of piperidine rings is 1. The van der Waals surface area contributed by atoms with Crippen LogP contribution in [0.4, 0.5) is 0 Å². The summed E-state index contributed by atoms with van der Waals surface area (Å²) in [6, 6.07) is 0. The summed E-state index contributed by atoms with van der Waals surface area (Å²) in [6.45, 7) is 9.20. The van der Waals surface area contributed by atoms with Crippen LogP contribution in [0.15, 0.2) is 0 Å². The molecule has 0 aromatic heterocycles. The van der Waals surface area contributed by atoms with E-state index in [1.165, 1.54) is 45.2 Å². The molecule has 1 aliphatic heterocycles. The van der Waals surface area contributed by atoms with Gasteiger partial charge in [0.1, 0.15) is 5.78 Å². The van der Waals surface area contributed by atoms with Gasteiger partial charge in [0.2, 0.25) is 0 Å². The minimum Gasteiger partial charge on any atom is -0.299 e. The first-order valence-electron chi connectivity index (χ1n) is 7.24. The van der Waals surface area contributed by atoms with Crippen molar-refractivity contribution in [2.24, 2.45) is 11.8 Å². The van der Waals surface area contributed by atoms with Crippen molar-refractivity contribution in [1.29, 1.82) is 0 Å². The highest BCUT2D eigenvalue weighted by Crippen LogP contribution is 2.32. The lowest BCUT2D eigenvalue weighted by Gasteiger charge is -2.41. The van der Waals surface area contributed by atoms with Gasteiger partial charge in [0, 0.05) is 17.9 Å². The Balaban J connectivity index is 1.73. The summed E-state index contributed by atoms with van der Waals surface area (Å²) >= 11 is 0. The molecule has 1 saturated carbocycles. The lowest BCUT2D eigenvalue weighted by Crippen LogP contribution is -2.46. The second-order valence-electron chi connectivity index (χ2n) is 6.90. The molecule has 1 heterocycles. The van der Waals surface area contributed by atoms with Gasteiger partial charge in [-0.15, -0.1) is 0 Å². The van der Waals surface area contributed by atoms with Crippen molar-refractivity contribution in [2.75, 3.05) is 13.1 Å². The van der Waals surface area contributed by atoms with Gasteiger partial charge in [-0.2, -0.15) is 0 Å². The molecule has 0 aromatic rings. The highest BCUT2D eigenvalue weighted by Gasteiger charge is 2.31. The number of hydrogen-bond donors (Lipinski definition) is 0. The quantitative estimate of drug-likeness (QED) is 0.751. The van der Waals surface area contributed by atoms with Crippen LogP contribution in [0.5, 0.6) is 0 Å². The predicted octanol–water partition coefficient (Wildman–Crippen LogP) is 3.26. The predicted molar refractivity (Wildman–Crippen MR) is 71.0 cm³/mol. The number of nitrogens with zero attached hydrogens (tertiary/aromatic N) is 1. The van der Waals surface area contributed by atoms with Gasteiger partial charge in [0.25, 0.3) is 0 Å². The third-order valence-electron chi connectivity index (χ3n) is 4.61. The fourth-order valence-corrected chi connectivity index (χ4v) is 2.99. The summed E-state index contributed by atoms with van der Waals surface area (Å²) in [5.41, 5.74) is 0.295. The second kappa shape index (κ2) is 5.09. The molecule has 2 nitrogen and oxygen atoms in total. The smallest absolute Gasteiger partial charge is 0.136 e. The topological polar surface area (TPSA) is 20.3 Å². The third-order valence-corrected chi connectivity index (χ3v) is 4.61. The summed E-state index contributed by atoms with van der Waals surface area (Å²) in [5.74, 6) is 1.67. The van der Waals surface area contributed by atoms with Crippen LogP contribution in [-0.4, -0.2) is 29.3 Å². The fourth-order valence-electron chi connectivity index (χ4n) is 2.99. The number of likely N-dealkylation sites (tertiary alicyclic amines) is 1. The first-order valence-corrected chi connectivity index (χ1v) is 7.24. The average molecular weight is 237 g/mol. The maximum absolute atomic E-state index is 12.0. The largest absolute Gasteiger partial charge is 0.299 e. The van der Waals surface area contributed by atoms with Crippen molar-refractivity contribution in [3.05, 3.63) is 0 Å². The van der Waals surface area contributed by atoms with Crippen molar-refractivity contribution in [1.82, 2.24) is 4.90 Å². The maximum atomic E-state index is 12.0. The Bertz CT molecular complexity index is 267. The van der Waals surface area contributed by atoms with E-state index in [1.54, 1.807) is 0 Å². The first-order chi connectivity index (χ1) is 7.97. The van der Waals surface area contributed by atoms with Crippen molar-refractivity contribution in [3.63, 3.8) is 0 Å². The Morgan fingerprint density at radius 3 is 2.12 bits per heavy atom. The monoisotopic (exact) mass is 237 g/mol. The van der Waals surface area contributed by atoms with Gasteiger partial charge < -0.3 is 0 Å². The van der Waals surface area contributed by atoms with Crippen molar-refractivity contribution >= 4 is 5.78 Å². The van der Waals surface area contributed by atoms with Crippen LogP contribution in [-0.2, 0) is 4.79 Å². The number of ketones is 1. The molecule has 1 saturated heterocycles. The number of carbonyl (C=O) groups is 1. The van der Waals surface area contributed by atoms with Crippen LogP contribution >= 0.6 is 0 Å². The van der Waals surface area contributed by atoms with Gasteiger partial charge in [-0.1, -0.05) is 6.42 Å². The van der Waals surface area contributed by atoms with Gasteiger partial charge in [-0.05, 0) is 65.5 Å². The van der Waals surface area contributed by atoms with Crippen LogP contribution in [0, 0.1) is 11.8 Å². The molecule has 0 bridgehead atoms. The molecule has 0 spiro atoms. The normalized spacial score (nSPS) is 24.6. The minimum atomic E-state index is 0.295. The van der Waals surface area contributed by atoms with Gasteiger partial charge in [-0.3, -0.25) is 9.69 Å². The zero-order valence-electron chi connectivity index (χ0n) is 11.7. The van der Waals surface area contributed by atoms with Crippen molar-refractivity contribution in [3.8, 4) is 0 Å². The van der Waals surface area contributed by atoms with E-state index in [1.807, 2.05) is 0 Å². The Morgan fingerprint density at radius 1 is 1.12 bits per heavy atom. The molecule has 0 aromatic carbocycles. The highest BCUT2D eigenvalue weighted by molar-refractivity contribution is 5.81. The van der Waals surface area contributed by atoms with Gasteiger partial charge in [0.15, 0.2) is 0 Å². The third kappa shape index (κ3) is 3.31. The lowest BCUT2D eigenvalue weighted by molar-refractivity contribution is -0.126. The summed E-state index contributed by atoms with van der Waals surface area (Å²) in [5, 5.41) is 0. The molecule has 98 valence electrons. The van der Waals surface area contributed by atoms with Crippen LogP contribution in [0.25, 0.3) is 0 Å². The Labute approximate surface area is 106 Å². The number of rotatable bonds is 3. The zero-order valence-corrected chi connectivity index (χ0v) is 11.7. The summed E-state index contributed by atoms with van der Waals surface area (Å²) in [6.07, 6.45) is 6.91. The molecule has 2 heteroatoms. The minimum absolute atomic E-state index is 0.295. The molecule has 0 N–H and O–H groups in total. The van der Waals surface area contributed by atoms with E-state index in [-0.39, 0.29) is 0 Å². The zero-order chi connectivity index (χ0) is 12.5. The fraction of sp³-hybridized carbons (Fsp3) is 0.933. The van der Waals surface area contributed by atoms with E-state index in [4.69, 9.17) is 0 Å². The molecule has 0 atom stereocenters. The standard InChI is InChI=1S/C15H27NO/c1-15(2,3)16-9-7-12(8-10-16)11-14(17)13-5-4-6-13/h12-13H,4-11H2,1-3H3. The molecule has 2 aliphatic rings. The van der Waals surface area contributed by atoms with Crippen molar-refractivity contribution in [2.45, 2.75) is 64.8 Å². The molecular formula is C15H27NO. The second-order valence-corrected chi connectivity index (χ2v) is 6.90. The molecule has 0 amide bonds. The Hall–Kier alpha value is -0.370. The number of Topliss-reactive ketones (excluding diaryl/α,β-unsaturated/α-hetero) is 1. The first kappa shape index (κ1) is 13.1. The van der Waals surface area contributed by atoms with Gasteiger partial charge >= 0.3 is 0 Å². The Morgan fingerprint density at radius 2 is 1.71 bits per heavy atom. The molecule has 0 unspecified atom stereocenters. The van der Waals surface area contributed by atoms with Crippen LogP contribution in [0.2, 0.25) is 0 Å². The molecule has 2 fully saturated rings. The van der Waals surface area contributed by atoms with Crippen LogP contribution in [0.1, 0.15) is 59.3 Å². The summed E-state index contributed by atoms with van der Waals surface area (Å²) in [4.78, 5) is 14.5. The van der Waals surface area contributed by atoms with E-state index >= 15 is 0 Å². The van der Waals surface area contributed by atoms with Gasteiger partial charge in [0.05, 0.1) is 0 Å². The number of carbonyl (C=O) groups excluding carboxylic acids is 1. The SMILES string of the molecule is CC(C)(C)N1CCC(CC(=O)C2CCC2)CC1. The highest BCUT2D eigenvalue weighted by atomic mass is 16.1. The van der Waals surface area contributed by atoms with Crippen LogP contribution < -0.4 is 0 Å². The van der Waals surface area contributed by atoms with E-state index < -0.39 is 0 Å². The van der Waals surface area contributed by atoms with E-state index in [9.17, 15) is 4.79 Å². The van der Waals surface area contributed by atoms with E-state index in [0.29, 0.717) is 23.2 Å². The van der Waals surface area contributed by atoms with Crippen LogP contribution in [0.3, 0.4) is 0 Å². The number of hydrogen-bond acceptors (Lipinski definition) is 2.